The van der Waals surface area contributed by atoms with Crippen molar-refractivity contribution < 1.29 is 8.42 Å². The molecule has 3 rings (SSSR count). The number of hydrogen-bond donors (Lipinski definition) is 1. The Morgan fingerprint density at radius 3 is 2.54 bits per heavy atom. The Hall–Kier alpha value is -1.77. The molecule has 0 radical (unpaired) electrons. The van der Waals surface area contributed by atoms with Gasteiger partial charge in [0.15, 0.2) is 5.82 Å². The fourth-order valence-corrected chi connectivity index (χ4v) is 4.29. The molecule has 2 heterocycles. The zero-order valence-electron chi connectivity index (χ0n) is 14.0. The van der Waals surface area contributed by atoms with Gasteiger partial charge in [-0.1, -0.05) is 37.3 Å². The molecule has 24 heavy (non-hydrogen) atoms. The molecule has 7 nitrogen and oxygen atoms in total. The number of nitrogens with zero attached hydrogens (tertiary/aromatic N) is 4. The lowest BCUT2D eigenvalue weighted by Gasteiger charge is -2.32. The van der Waals surface area contributed by atoms with Crippen molar-refractivity contribution in [1.82, 2.24) is 23.8 Å². The summed E-state index contributed by atoms with van der Waals surface area (Å²) in [4.78, 5) is 4.60. The van der Waals surface area contributed by atoms with Crippen LogP contribution in [0, 0.1) is 0 Å². The first-order valence-corrected chi connectivity index (χ1v) is 9.61. The van der Waals surface area contributed by atoms with E-state index in [1.54, 1.807) is 11.4 Å². The van der Waals surface area contributed by atoms with Gasteiger partial charge in [-0.2, -0.15) is 22.1 Å². The van der Waals surface area contributed by atoms with Gasteiger partial charge in [0, 0.05) is 38.2 Å². The lowest BCUT2D eigenvalue weighted by molar-refractivity contribution is 0.293. The van der Waals surface area contributed by atoms with Gasteiger partial charge in [0.1, 0.15) is 5.82 Å². The summed E-state index contributed by atoms with van der Waals surface area (Å²) in [5, 5.41) is 7.32. The normalized spacial score (nSPS) is 17.5. The van der Waals surface area contributed by atoms with Gasteiger partial charge in [0.05, 0.1) is 0 Å². The van der Waals surface area contributed by atoms with Crippen LogP contribution >= 0.6 is 0 Å². The first kappa shape index (κ1) is 17.1. The van der Waals surface area contributed by atoms with Crippen molar-refractivity contribution in [2.75, 3.05) is 26.7 Å². The molecule has 0 amide bonds. The number of H-pyrrole nitrogens is 1. The van der Waals surface area contributed by atoms with Crippen LogP contribution in [-0.4, -0.2) is 58.9 Å². The molecule has 0 saturated carbocycles. The quantitative estimate of drug-likeness (QED) is 0.893. The minimum atomic E-state index is -3.34. The Kier molecular flexibility index (Phi) is 4.98. The fourth-order valence-electron chi connectivity index (χ4n) is 2.89. The maximum atomic E-state index is 12.4. The second-order valence-corrected chi connectivity index (χ2v) is 8.04. The Balaban J connectivity index is 1.67. The van der Waals surface area contributed by atoms with Crippen molar-refractivity contribution in [2.24, 2.45) is 0 Å². The van der Waals surface area contributed by atoms with Gasteiger partial charge in [0.2, 0.25) is 0 Å². The zero-order valence-corrected chi connectivity index (χ0v) is 14.8. The summed E-state index contributed by atoms with van der Waals surface area (Å²) in [6.45, 7) is 3.34. The number of benzene rings is 1. The molecule has 1 aromatic heterocycles. The molecular weight excluding hydrogens is 326 g/mol. The third-order valence-corrected chi connectivity index (χ3v) is 6.60. The molecule has 0 spiro atoms. The standard InChI is InChI=1S/C16H23N5O2S/c1-3-20(2)24(22,23)21-11-9-14(10-12-21)16-17-15(18-19-16)13-7-5-4-6-8-13/h4-8,14H,3,9-12H2,1-2H3,(H,17,18,19). The van der Waals surface area contributed by atoms with E-state index in [4.69, 9.17) is 0 Å². The van der Waals surface area contributed by atoms with Crippen molar-refractivity contribution in [2.45, 2.75) is 25.7 Å². The highest BCUT2D eigenvalue weighted by atomic mass is 32.2. The van der Waals surface area contributed by atoms with Crippen LogP contribution in [-0.2, 0) is 10.2 Å². The third-order valence-electron chi connectivity index (χ3n) is 4.54. The Labute approximate surface area is 142 Å². The maximum absolute atomic E-state index is 12.4. The minimum absolute atomic E-state index is 0.216. The van der Waals surface area contributed by atoms with Crippen LogP contribution < -0.4 is 0 Å². The molecule has 0 atom stereocenters. The van der Waals surface area contributed by atoms with Crippen molar-refractivity contribution in [1.29, 1.82) is 0 Å². The van der Waals surface area contributed by atoms with Crippen LogP contribution in [0.4, 0.5) is 0 Å². The number of hydrogen-bond acceptors (Lipinski definition) is 4. The second kappa shape index (κ2) is 7.00. The van der Waals surface area contributed by atoms with E-state index in [9.17, 15) is 8.42 Å². The SMILES string of the molecule is CCN(C)S(=O)(=O)N1CCC(c2nc(-c3ccccc3)n[nH]2)CC1. The predicted octanol–water partition coefficient (Wildman–Crippen LogP) is 1.85. The van der Waals surface area contributed by atoms with E-state index < -0.39 is 10.2 Å². The van der Waals surface area contributed by atoms with Gasteiger partial charge >= 0.3 is 0 Å². The molecule has 0 bridgehead atoms. The summed E-state index contributed by atoms with van der Waals surface area (Å²) in [6.07, 6.45) is 1.50. The van der Waals surface area contributed by atoms with E-state index >= 15 is 0 Å². The maximum Gasteiger partial charge on any atom is 0.281 e. The predicted molar refractivity (Wildman–Crippen MR) is 92.6 cm³/mol. The van der Waals surface area contributed by atoms with Crippen molar-refractivity contribution in [3.63, 3.8) is 0 Å². The van der Waals surface area contributed by atoms with E-state index in [2.05, 4.69) is 15.2 Å². The van der Waals surface area contributed by atoms with Gasteiger partial charge in [-0.15, -0.1) is 0 Å². The fraction of sp³-hybridized carbons (Fsp3) is 0.500. The van der Waals surface area contributed by atoms with Crippen LogP contribution in [0.25, 0.3) is 11.4 Å². The van der Waals surface area contributed by atoms with Gasteiger partial charge < -0.3 is 0 Å². The van der Waals surface area contributed by atoms with Gasteiger partial charge in [-0.25, -0.2) is 4.98 Å². The molecule has 8 heteroatoms. The van der Waals surface area contributed by atoms with Gasteiger partial charge in [-0.05, 0) is 12.8 Å². The topological polar surface area (TPSA) is 82.2 Å². The molecule has 0 unspecified atom stereocenters. The lowest BCUT2D eigenvalue weighted by atomic mass is 9.97. The number of aromatic amines is 1. The van der Waals surface area contributed by atoms with Crippen molar-refractivity contribution in [3.05, 3.63) is 36.2 Å². The van der Waals surface area contributed by atoms with Crippen LogP contribution in [0.1, 0.15) is 31.5 Å². The summed E-state index contributed by atoms with van der Waals surface area (Å²) in [5.74, 6) is 1.74. The first-order valence-electron chi connectivity index (χ1n) is 8.21. The van der Waals surface area contributed by atoms with E-state index in [1.807, 2.05) is 37.3 Å². The molecule has 1 fully saturated rings. The van der Waals surface area contributed by atoms with Crippen LogP contribution in [0.5, 0.6) is 0 Å². The second-order valence-electron chi connectivity index (χ2n) is 6.01. The smallest absolute Gasteiger partial charge is 0.262 e. The third kappa shape index (κ3) is 3.35. The molecule has 1 aromatic carbocycles. The Bertz CT molecular complexity index is 767. The summed E-state index contributed by atoms with van der Waals surface area (Å²) in [6, 6.07) is 9.82. The molecular formula is C16H23N5O2S. The molecule has 0 aliphatic carbocycles. The number of nitrogens with one attached hydrogen (secondary N) is 1. The molecule has 1 N–H and O–H groups in total. The average Bonchev–Trinajstić information content (AvgIpc) is 3.12. The lowest BCUT2D eigenvalue weighted by Crippen LogP contribution is -2.45. The number of piperidine rings is 1. The van der Waals surface area contributed by atoms with Crippen LogP contribution in [0.2, 0.25) is 0 Å². The molecule has 2 aromatic rings. The molecule has 130 valence electrons. The van der Waals surface area contributed by atoms with Gasteiger partial charge in [-0.3, -0.25) is 5.10 Å². The van der Waals surface area contributed by atoms with Crippen LogP contribution in [0.15, 0.2) is 30.3 Å². The highest BCUT2D eigenvalue weighted by Crippen LogP contribution is 2.28. The average molecular weight is 349 g/mol. The minimum Gasteiger partial charge on any atom is -0.262 e. The summed E-state index contributed by atoms with van der Waals surface area (Å²) in [7, 11) is -1.72. The number of aromatic nitrogens is 3. The summed E-state index contributed by atoms with van der Waals surface area (Å²) < 4.78 is 27.7. The largest absolute Gasteiger partial charge is 0.281 e. The first-order chi connectivity index (χ1) is 11.5. The Morgan fingerprint density at radius 2 is 1.92 bits per heavy atom. The molecule has 1 aliphatic heterocycles. The zero-order chi connectivity index (χ0) is 17.2. The van der Waals surface area contributed by atoms with Crippen LogP contribution in [0.3, 0.4) is 0 Å². The van der Waals surface area contributed by atoms with E-state index in [1.165, 1.54) is 4.31 Å². The summed E-state index contributed by atoms with van der Waals surface area (Å²) >= 11 is 0. The molecule has 1 aliphatic rings. The van der Waals surface area contributed by atoms with Crippen molar-refractivity contribution in [3.8, 4) is 11.4 Å². The van der Waals surface area contributed by atoms with E-state index in [-0.39, 0.29) is 5.92 Å². The highest BCUT2D eigenvalue weighted by molar-refractivity contribution is 7.86. The molecule has 1 saturated heterocycles. The number of rotatable bonds is 5. The monoisotopic (exact) mass is 349 g/mol. The van der Waals surface area contributed by atoms with E-state index in [0.717, 1.165) is 24.2 Å². The van der Waals surface area contributed by atoms with Gasteiger partial charge in [0.25, 0.3) is 10.2 Å². The van der Waals surface area contributed by atoms with Crippen molar-refractivity contribution >= 4 is 10.2 Å². The van der Waals surface area contributed by atoms with E-state index in [0.29, 0.717) is 25.5 Å². The summed E-state index contributed by atoms with van der Waals surface area (Å²) in [5.41, 5.74) is 0.976. The highest BCUT2D eigenvalue weighted by Gasteiger charge is 2.32. The Morgan fingerprint density at radius 1 is 1.25 bits per heavy atom.